The Balaban J connectivity index is 2.08. The summed E-state index contributed by atoms with van der Waals surface area (Å²) in [7, 11) is 0. The number of rotatable bonds is 1. The van der Waals surface area contributed by atoms with E-state index in [2.05, 4.69) is 13.8 Å². The molecule has 1 aliphatic carbocycles. The molecule has 0 aromatic rings. The first-order valence-electron chi connectivity index (χ1n) is 8.43. The summed E-state index contributed by atoms with van der Waals surface area (Å²) in [5.41, 5.74) is 4.46. The van der Waals surface area contributed by atoms with Crippen LogP contribution in [-0.4, -0.2) is 45.9 Å². The molecule has 0 radical (unpaired) electrons. The Labute approximate surface area is 134 Å². The van der Waals surface area contributed by atoms with Crippen molar-refractivity contribution in [3.8, 4) is 0 Å². The molecule has 2 rings (SSSR count). The number of carbonyl (C=O) groups excluding carboxylic acids is 1. The van der Waals surface area contributed by atoms with E-state index < -0.39 is 16.7 Å². The van der Waals surface area contributed by atoms with Crippen LogP contribution in [0.5, 0.6) is 0 Å². The van der Waals surface area contributed by atoms with Gasteiger partial charge in [-0.2, -0.15) is 0 Å². The Morgan fingerprint density at radius 2 is 1.82 bits per heavy atom. The monoisotopic (exact) mass is 312 g/mol. The number of nitrogens with two attached hydrogens (primary N) is 1. The Kier molecular flexibility index (Phi) is 4.53. The molecular weight excluding hydrogens is 280 g/mol. The molecule has 0 spiro atoms. The van der Waals surface area contributed by atoms with E-state index in [9.17, 15) is 9.90 Å². The molecule has 0 aromatic heterocycles. The summed E-state index contributed by atoms with van der Waals surface area (Å²) in [6.45, 7) is 10.8. The third kappa shape index (κ3) is 3.57. The molecule has 2 aliphatic rings. The second-order valence-electron chi connectivity index (χ2n) is 8.69. The lowest BCUT2D eigenvalue weighted by Crippen LogP contribution is -2.64. The van der Waals surface area contributed by atoms with Gasteiger partial charge in [0.05, 0.1) is 11.1 Å². The molecule has 128 valence electrons. The fraction of sp³-hybridized carbons (Fsp3) is 0.941. The van der Waals surface area contributed by atoms with Crippen LogP contribution in [-0.2, 0) is 4.74 Å². The molecule has 5 heteroatoms. The van der Waals surface area contributed by atoms with E-state index in [1.807, 2.05) is 20.8 Å². The lowest BCUT2D eigenvalue weighted by atomic mass is 9.64. The van der Waals surface area contributed by atoms with Crippen LogP contribution in [0.25, 0.3) is 0 Å². The van der Waals surface area contributed by atoms with Crippen LogP contribution in [0.2, 0.25) is 0 Å². The van der Waals surface area contributed by atoms with Gasteiger partial charge in [0.15, 0.2) is 0 Å². The zero-order valence-electron chi connectivity index (χ0n) is 14.7. The first kappa shape index (κ1) is 17.5. The van der Waals surface area contributed by atoms with E-state index in [0.29, 0.717) is 31.3 Å². The van der Waals surface area contributed by atoms with E-state index in [1.165, 1.54) is 0 Å². The number of carbonyl (C=O) groups is 1. The third-order valence-corrected chi connectivity index (χ3v) is 5.06. The fourth-order valence-corrected chi connectivity index (χ4v) is 4.19. The molecule has 3 unspecified atom stereocenters. The Morgan fingerprint density at radius 1 is 1.27 bits per heavy atom. The van der Waals surface area contributed by atoms with Crippen molar-refractivity contribution < 1.29 is 14.6 Å². The Bertz CT molecular complexity index is 422. The number of likely N-dealkylation sites (tertiary alicyclic amines) is 1. The minimum Gasteiger partial charge on any atom is -0.444 e. The molecule has 5 nitrogen and oxygen atoms in total. The quantitative estimate of drug-likeness (QED) is 0.780. The van der Waals surface area contributed by atoms with E-state index in [1.54, 1.807) is 4.90 Å². The summed E-state index contributed by atoms with van der Waals surface area (Å²) in [5.74, 6) is 0.925. The molecule has 0 aromatic carbocycles. The number of hydrogen-bond donors (Lipinski definition) is 2. The van der Waals surface area contributed by atoms with Crippen molar-refractivity contribution in [2.45, 2.75) is 77.0 Å². The molecule has 0 bridgehead atoms. The maximum absolute atomic E-state index is 12.2. The number of nitrogens with zero attached hydrogens (tertiary/aromatic N) is 1. The van der Waals surface area contributed by atoms with Gasteiger partial charge in [0, 0.05) is 13.1 Å². The van der Waals surface area contributed by atoms with Crippen molar-refractivity contribution in [1.82, 2.24) is 4.90 Å². The van der Waals surface area contributed by atoms with Gasteiger partial charge >= 0.3 is 6.09 Å². The highest BCUT2D eigenvalue weighted by Gasteiger charge is 2.54. The van der Waals surface area contributed by atoms with Gasteiger partial charge in [-0.15, -0.1) is 0 Å². The molecule has 22 heavy (non-hydrogen) atoms. The van der Waals surface area contributed by atoms with Gasteiger partial charge in [-0.25, -0.2) is 4.79 Å². The van der Waals surface area contributed by atoms with Gasteiger partial charge in [-0.05, 0) is 58.3 Å². The molecule has 1 saturated carbocycles. The molecule has 1 aliphatic heterocycles. The van der Waals surface area contributed by atoms with Gasteiger partial charge in [0.25, 0.3) is 0 Å². The van der Waals surface area contributed by atoms with E-state index in [-0.39, 0.29) is 6.09 Å². The largest absolute Gasteiger partial charge is 0.444 e. The predicted molar refractivity (Wildman–Crippen MR) is 86.5 cm³/mol. The minimum absolute atomic E-state index is 0.333. The average molecular weight is 312 g/mol. The van der Waals surface area contributed by atoms with Crippen molar-refractivity contribution in [3.05, 3.63) is 0 Å². The van der Waals surface area contributed by atoms with Crippen molar-refractivity contribution in [1.29, 1.82) is 0 Å². The van der Waals surface area contributed by atoms with Crippen LogP contribution >= 0.6 is 0 Å². The van der Waals surface area contributed by atoms with Crippen LogP contribution in [0.3, 0.4) is 0 Å². The fourth-order valence-electron chi connectivity index (χ4n) is 4.19. The zero-order valence-corrected chi connectivity index (χ0v) is 14.7. The summed E-state index contributed by atoms with van der Waals surface area (Å²) in [4.78, 5) is 13.9. The normalized spacial score (nSPS) is 39.9. The predicted octanol–water partition coefficient (Wildman–Crippen LogP) is 2.51. The Hall–Kier alpha value is -0.810. The lowest BCUT2D eigenvalue weighted by Gasteiger charge is -2.48. The number of amides is 1. The molecular formula is C17H32N2O3. The first-order chi connectivity index (χ1) is 9.94. The zero-order chi connectivity index (χ0) is 16.8. The van der Waals surface area contributed by atoms with Crippen molar-refractivity contribution in [2.75, 3.05) is 13.1 Å². The summed E-state index contributed by atoms with van der Waals surface area (Å²) in [6.07, 6.45) is 2.86. The highest BCUT2D eigenvalue weighted by Crippen LogP contribution is 2.44. The first-order valence-corrected chi connectivity index (χ1v) is 8.43. The average Bonchev–Trinajstić information content (AvgIpc) is 2.69. The molecule has 2 fully saturated rings. The molecule has 3 atom stereocenters. The summed E-state index contributed by atoms with van der Waals surface area (Å²) in [6, 6.07) is 0. The Morgan fingerprint density at radius 3 is 2.32 bits per heavy atom. The lowest BCUT2D eigenvalue weighted by molar-refractivity contribution is -0.0871. The summed E-state index contributed by atoms with van der Waals surface area (Å²) >= 11 is 0. The van der Waals surface area contributed by atoms with E-state index in [4.69, 9.17) is 10.5 Å². The topological polar surface area (TPSA) is 75.8 Å². The highest BCUT2D eigenvalue weighted by molar-refractivity contribution is 5.68. The van der Waals surface area contributed by atoms with Crippen molar-refractivity contribution >= 4 is 6.09 Å². The van der Waals surface area contributed by atoms with Crippen molar-refractivity contribution in [3.63, 3.8) is 0 Å². The second-order valence-corrected chi connectivity index (χ2v) is 8.69. The van der Waals surface area contributed by atoms with Gasteiger partial charge in [-0.1, -0.05) is 13.8 Å². The second kappa shape index (κ2) is 5.68. The molecule has 1 heterocycles. The van der Waals surface area contributed by atoms with E-state index >= 15 is 0 Å². The molecule has 1 amide bonds. The van der Waals surface area contributed by atoms with Crippen LogP contribution < -0.4 is 5.73 Å². The third-order valence-electron chi connectivity index (χ3n) is 5.06. The smallest absolute Gasteiger partial charge is 0.410 e. The number of hydrogen-bond acceptors (Lipinski definition) is 4. The standard InChI is InChI=1S/C17H32N2O3/c1-12-8-13(2)10-17(21,9-12)16(18)6-7-19(11-16)14(20)22-15(3,4)5/h12-13,21H,6-11,18H2,1-5H3. The van der Waals surface area contributed by atoms with Gasteiger partial charge in [0.2, 0.25) is 0 Å². The van der Waals surface area contributed by atoms with Gasteiger partial charge in [0.1, 0.15) is 5.60 Å². The maximum Gasteiger partial charge on any atom is 0.410 e. The van der Waals surface area contributed by atoms with Crippen LogP contribution in [0, 0.1) is 11.8 Å². The van der Waals surface area contributed by atoms with Crippen LogP contribution in [0.4, 0.5) is 4.79 Å². The van der Waals surface area contributed by atoms with Crippen LogP contribution in [0.1, 0.15) is 60.3 Å². The van der Waals surface area contributed by atoms with Gasteiger partial charge in [-0.3, -0.25) is 0 Å². The van der Waals surface area contributed by atoms with E-state index in [0.717, 1.165) is 19.3 Å². The number of ether oxygens (including phenoxy) is 1. The highest BCUT2D eigenvalue weighted by atomic mass is 16.6. The van der Waals surface area contributed by atoms with Gasteiger partial charge < -0.3 is 20.5 Å². The van der Waals surface area contributed by atoms with Crippen molar-refractivity contribution in [2.24, 2.45) is 17.6 Å². The SMILES string of the molecule is CC1CC(C)CC(O)(C2(N)CCN(C(=O)OC(C)(C)C)C2)C1. The van der Waals surface area contributed by atoms with Crippen LogP contribution in [0.15, 0.2) is 0 Å². The molecule has 1 saturated heterocycles. The number of aliphatic hydroxyl groups is 1. The summed E-state index contributed by atoms with van der Waals surface area (Å²) in [5, 5.41) is 11.2. The summed E-state index contributed by atoms with van der Waals surface area (Å²) < 4.78 is 5.43. The molecule has 3 N–H and O–H groups in total. The minimum atomic E-state index is -0.888. The maximum atomic E-state index is 12.2.